The minimum absolute atomic E-state index is 0.125. The summed E-state index contributed by atoms with van der Waals surface area (Å²) >= 11 is 4.42. The number of carbonyl (C=O) groups is 3. The molecule has 1 aromatic rings. The Labute approximate surface area is 153 Å². The van der Waals surface area contributed by atoms with Crippen molar-refractivity contribution in [2.45, 2.75) is 44.6 Å². The Morgan fingerprint density at radius 2 is 1.88 bits per heavy atom. The van der Waals surface area contributed by atoms with E-state index >= 15 is 0 Å². The van der Waals surface area contributed by atoms with E-state index in [1.54, 1.807) is 20.8 Å². The molecule has 1 heterocycles. The van der Waals surface area contributed by atoms with Crippen molar-refractivity contribution in [3.8, 4) is 0 Å². The summed E-state index contributed by atoms with van der Waals surface area (Å²) < 4.78 is 5.20. The van der Waals surface area contributed by atoms with Crippen molar-refractivity contribution < 1.29 is 19.1 Å². The molecule has 7 heteroatoms. The normalized spacial score (nSPS) is 16.3. The van der Waals surface area contributed by atoms with Gasteiger partial charge in [0.1, 0.15) is 18.7 Å². The molecule has 25 heavy (non-hydrogen) atoms. The Balaban J connectivity index is 1.92. The number of hydrogen-bond donors (Lipinski definition) is 1. The highest BCUT2D eigenvalue weighted by Crippen LogP contribution is 2.20. The molecular formula is C18H24N2O4S. The molecule has 1 saturated heterocycles. The Kier molecular flexibility index (Phi) is 6.11. The Morgan fingerprint density at radius 1 is 1.24 bits per heavy atom. The molecule has 0 radical (unpaired) electrons. The molecule has 0 N–H and O–H groups in total. The van der Waals surface area contributed by atoms with Crippen LogP contribution in [0.4, 0.5) is 4.79 Å². The smallest absolute Gasteiger partial charge is 0.328 e. The van der Waals surface area contributed by atoms with Crippen molar-refractivity contribution in [1.82, 2.24) is 9.80 Å². The van der Waals surface area contributed by atoms with Gasteiger partial charge in [0.2, 0.25) is 0 Å². The summed E-state index contributed by atoms with van der Waals surface area (Å²) in [7, 11) is 0. The fraction of sp³-hybridized carbons (Fsp3) is 0.500. The highest BCUT2D eigenvalue weighted by Gasteiger charge is 2.40. The summed E-state index contributed by atoms with van der Waals surface area (Å²) in [5.74, 6) is -0.878. The van der Waals surface area contributed by atoms with E-state index in [2.05, 4.69) is 12.6 Å². The maximum Gasteiger partial charge on any atom is 0.328 e. The number of rotatable bonds is 6. The van der Waals surface area contributed by atoms with Crippen LogP contribution in [0.1, 0.15) is 32.8 Å². The molecule has 0 bridgehead atoms. The van der Waals surface area contributed by atoms with Gasteiger partial charge in [-0.2, -0.15) is 12.6 Å². The molecule has 1 atom stereocenters. The van der Waals surface area contributed by atoms with Crippen LogP contribution >= 0.6 is 12.6 Å². The lowest BCUT2D eigenvalue weighted by molar-refractivity contribution is -0.155. The number of benzene rings is 1. The number of imide groups is 1. The molecule has 1 unspecified atom stereocenters. The van der Waals surface area contributed by atoms with E-state index in [1.807, 2.05) is 30.3 Å². The third-order valence-corrected chi connectivity index (χ3v) is 4.13. The van der Waals surface area contributed by atoms with Crippen LogP contribution < -0.4 is 0 Å². The van der Waals surface area contributed by atoms with Gasteiger partial charge in [0, 0.05) is 0 Å². The lowest BCUT2D eigenvalue weighted by Crippen LogP contribution is -2.41. The summed E-state index contributed by atoms with van der Waals surface area (Å²) in [5.41, 5.74) is 0.483. The topological polar surface area (TPSA) is 66.9 Å². The third kappa shape index (κ3) is 5.49. The van der Waals surface area contributed by atoms with Crippen LogP contribution in [0, 0.1) is 0 Å². The molecule has 1 aliphatic rings. The van der Waals surface area contributed by atoms with Crippen LogP contribution in [-0.2, 0) is 20.7 Å². The standard InChI is InChI=1S/C18H24N2O4S/c1-18(2,3)24-16(22)12-19-11-14(21)20(17(19)23)15(25)10-9-13-7-5-4-6-8-13/h4-8,15,25H,9-12H2,1-3H3. The first-order valence-corrected chi connectivity index (χ1v) is 8.74. The lowest BCUT2D eigenvalue weighted by Gasteiger charge is -2.23. The van der Waals surface area contributed by atoms with E-state index in [4.69, 9.17) is 4.74 Å². The number of hydrogen-bond acceptors (Lipinski definition) is 5. The molecule has 0 aromatic heterocycles. The van der Waals surface area contributed by atoms with E-state index in [1.165, 1.54) is 4.90 Å². The SMILES string of the molecule is CC(C)(C)OC(=O)CN1CC(=O)N(C(S)CCc2ccccc2)C1=O. The van der Waals surface area contributed by atoms with E-state index < -0.39 is 23.0 Å². The zero-order valence-corrected chi connectivity index (χ0v) is 15.7. The first-order chi connectivity index (χ1) is 11.7. The first kappa shape index (κ1) is 19.3. The molecule has 1 aromatic carbocycles. The average molecular weight is 364 g/mol. The summed E-state index contributed by atoms with van der Waals surface area (Å²) in [5, 5.41) is -0.524. The highest BCUT2D eigenvalue weighted by atomic mass is 32.1. The minimum atomic E-state index is -0.634. The predicted molar refractivity (Wildman–Crippen MR) is 97.2 cm³/mol. The minimum Gasteiger partial charge on any atom is -0.459 e. The van der Waals surface area contributed by atoms with Crippen LogP contribution in [0.2, 0.25) is 0 Å². The monoisotopic (exact) mass is 364 g/mol. The second-order valence-electron chi connectivity index (χ2n) is 6.99. The largest absolute Gasteiger partial charge is 0.459 e. The second kappa shape index (κ2) is 7.91. The Hall–Kier alpha value is -2.02. The zero-order chi connectivity index (χ0) is 18.6. The molecule has 1 aliphatic heterocycles. The first-order valence-electron chi connectivity index (χ1n) is 8.22. The van der Waals surface area contributed by atoms with Crippen LogP contribution in [0.25, 0.3) is 0 Å². The highest BCUT2D eigenvalue weighted by molar-refractivity contribution is 7.80. The number of amides is 3. The molecule has 0 spiro atoms. The summed E-state index contributed by atoms with van der Waals surface area (Å²) in [6.45, 7) is 4.89. The van der Waals surface area contributed by atoms with E-state index in [-0.39, 0.29) is 19.0 Å². The van der Waals surface area contributed by atoms with Gasteiger partial charge in [-0.1, -0.05) is 30.3 Å². The Morgan fingerprint density at radius 3 is 2.48 bits per heavy atom. The van der Waals surface area contributed by atoms with Crippen molar-refractivity contribution in [3.63, 3.8) is 0 Å². The third-order valence-electron chi connectivity index (χ3n) is 3.64. The number of aryl methyl sites for hydroxylation is 1. The van der Waals surface area contributed by atoms with Crippen molar-refractivity contribution in [3.05, 3.63) is 35.9 Å². The molecule has 1 fully saturated rings. The van der Waals surface area contributed by atoms with Crippen LogP contribution in [0.15, 0.2) is 30.3 Å². The predicted octanol–water partition coefficient (Wildman–Crippen LogP) is 2.48. The number of urea groups is 1. The fourth-order valence-corrected chi connectivity index (χ4v) is 2.94. The summed E-state index contributed by atoms with van der Waals surface area (Å²) in [4.78, 5) is 38.8. The van der Waals surface area contributed by atoms with Crippen molar-refractivity contribution in [2.24, 2.45) is 0 Å². The van der Waals surface area contributed by atoms with Crippen LogP contribution in [-0.4, -0.2) is 51.8 Å². The van der Waals surface area contributed by atoms with Gasteiger partial charge >= 0.3 is 12.0 Å². The molecule has 0 aliphatic carbocycles. The van der Waals surface area contributed by atoms with Gasteiger partial charge in [-0.05, 0) is 39.2 Å². The second-order valence-corrected chi connectivity index (χ2v) is 7.59. The summed E-state index contributed by atoms with van der Waals surface area (Å²) in [6.07, 6.45) is 1.25. The lowest BCUT2D eigenvalue weighted by atomic mass is 10.1. The fourth-order valence-electron chi connectivity index (χ4n) is 2.58. The molecule has 6 nitrogen and oxygen atoms in total. The van der Waals surface area contributed by atoms with E-state index in [0.717, 1.165) is 10.5 Å². The maximum atomic E-state index is 12.4. The van der Waals surface area contributed by atoms with Crippen molar-refractivity contribution in [2.75, 3.05) is 13.1 Å². The van der Waals surface area contributed by atoms with Gasteiger partial charge in [-0.15, -0.1) is 0 Å². The number of carbonyl (C=O) groups excluding carboxylic acids is 3. The van der Waals surface area contributed by atoms with E-state index in [9.17, 15) is 14.4 Å². The molecular weight excluding hydrogens is 340 g/mol. The van der Waals surface area contributed by atoms with Crippen LogP contribution in [0.3, 0.4) is 0 Å². The molecule has 2 rings (SSSR count). The van der Waals surface area contributed by atoms with Gasteiger partial charge < -0.3 is 9.64 Å². The van der Waals surface area contributed by atoms with Crippen molar-refractivity contribution in [1.29, 1.82) is 0 Å². The van der Waals surface area contributed by atoms with Gasteiger partial charge in [-0.3, -0.25) is 14.5 Å². The molecule has 3 amide bonds. The number of thiol groups is 1. The van der Waals surface area contributed by atoms with Gasteiger partial charge in [0.25, 0.3) is 5.91 Å². The van der Waals surface area contributed by atoms with Gasteiger partial charge in [-0.25, -0.2) is 4.79 Å². The van der Waals surface area contributed by atoms with Crippen LogP contribution in [0.5, 0.6) is 0 Å². The zero-order valence-electron chi connectivity index (χ0n) is 14.8. The number of ether oxygens (including phenoxy) is 1. The molecule has 136 valence electrons. The van der Waals surface area contributed by atoms with Gasteiger partial charge in [0.05, 0.1) is 5.37 Å². The quantitative estimate of drug-likeness (QED) is 0.478. The van der Waals surface area contributed by atoms with Crippen molar-refractivity contribution >= 4 is 30.5 Å². The number of nitrogens with zero attached hydrogens (tertiary/aromatic N) is 2. The Bertz CT molecular complexity index is 642. The van der Waals surface area contributed by atoms with E-state index in [0.29, 0.717) is 12.8 Å². The molecule has 0 saturated carbocycles. The number of esters is 1. The summed E-state index contributed by atoms with van der Waals surface area (Å²) in [6, 6.07) is 9.30. The average Bonchev–Trinajstić information content (AvgIpc) is 2.78. The maximum absolute atomic E-state index is 12.4. The van der Waals surface area contributed by atoms with Gasteiger partial charge in [0.15, 0.2) is 0 Å².